The lowest BCUT2D eigenvalue weighted by Crippen LogP contribution is -1.96. The van der Waals surface area contributed by atoms with Gasteiger partial charge in [-0.15, -0.1) is 0 Å². The molecule has 0 spiro atoms. The predicted octanol–water partition coefficient (Wildman–Crippen LogP) is 2.18. The second-order valence-corrected chi connectivity index (χ2v) is 4.02. The first-order chi connectivity index (χ1) is 4.61. The molecule has 1 aromatic rings. The number of hydrogen-bond donors (Lipinski definition) is 1. The first-order valence-corrected chi connectivity index (χ1v) is 4.85. The normalized spacial score (nSPS) is 9.90. The van der Waals surface area contributed by atoms with Crippen LogP contribution in [0, 0.1) is 14.3 Å². The molecule has 1 aromatic heterocycles. The zero-order valence-electron chi connectivity index (χ0n) is 5.36. The Labute approximate surface area is 86.9 Å². The second kappa shape index (κ2) is 3.21. The van der Waals surface area contributed by atoms with E-state index in [1.807, 2.05) is 13.0 Å². The lowest BCUT2D eigenvalue weighted by Gasteiger charge is -2.00. The lowest BCUT2D eigenvalue weighted by molar-refractivity contribution is 1.18. The molecule has 2 N–H and O–H groups in total. The Hall–Kier alpha value is 0.410. The monoisotopic (exact) mass is 360 g/mol. The van der Waals surface area contributed by atoms with E-state index in [4.69, 9.17) is 5.73 Å². The van der Waals surface area contributed by atoms with Gasteiger partial charge in [-0.3, -0.25) is 0 Å². The molecule has 1 heterocycles. The largest absolute Gasteiger partial charge is 0.397 e. The molecule has 0 amide bonds. The third-order valence-corrected chi connectivity index (χ3v) is 3.09. The van der Waals surface area contributed by atoms with Crippen molar-refractivity contribution in [3.8, 4) is 0 Å². The molecule has 0 fully saturated rings. The van der Waals surface area contributed by atoms with Crippen molar-refractivity contribution in [1.82, 2.24) is 4.98 Å². The number of anilines is 1. The average molecular weight is 360 g/mol. The number of rotatable bonds is 0. The zero-order chi connectivity index (χ0) is 7.72. The van der Waals surface area contributed by atoms with E-state index in [0.29, 0.717) is 0 Å². The molecular weight excluding hydrogens is 354 g/mol. The SMILES string of the molecule is Cc1cc(N)c(I)nc1I. The highest BCUT2D eigenvalue weighted by molar-refractivity contribution is 14.1. The molecule has 0 aliphatic rings. The summed E-state index contributed by atoms with van der Waals surface area (Å²) < 4.78 is 1.91. The molecule has 0 bridgehead atoms. The van der Waals surface area contributed by atoms with Crippen molar-refractivity contribution in [1.29, 1.82) is 0 Å². The maximum Gasteiger partial charge on any atom is 0.125 e. The summed E-state index contributed by atoms with van der Waals surface area (Å²) in [4.78, 5) is 4.22. The van der Waals surface area contributed by atoms with E-state index in [-0.39, 0.29) is 0 Å². The average Bonchev–Trinajstić information content (AvgIpc) is 1.84. The molecule has 0 atom stereocenters. The third kappa shape index (κ3) is 1.71. The fourth-order valence-corrected chi connectivity index (χ4v) is 1.85. The van der Waals surface area contributed by atoms with E-state index in [0.717, 1.165) is 18.7 Å². The van der Waals surface area contributed by atoms with E-state index in [1.54, 1.807) is 0 Å². The smallest absolute Gasteiger partial charge is 0.125 e. The van der Waals surface area contributed by atoms with Gasteiger partial charge in [0.15, 0.2) is 0 Å². The summed E-state index contributed by atoms with van der Waals surface area (Å²) in [7, 11) is 0. The maximum atomic E-state index is 5.62. The summed E-state index contributed by atoms with van der Waals surface area (Å²) in [5, 5.41) is 0. The molecular formula is C6H6I2N2. The van der Waals surface area contributed by atoms with Gasteiger partial charge in [0, 0.05) is 0 Å². The third-order valence-electron chi connectivity index (χ3n) is 1.13. The summed E-state index contributed by atoms with van der Waals surface area (Å²) in [5.74, 6) is 0. The molecule has 2 nitrogen and oxygen atoms in total. The molecule has 0 aliphatic heterocycles. The Kier molecular flexibility index (Phi) is 2.73. The Morgan fingerprint density at radius 1 is 1.40 bits per heavy atom. The molecule has 0 aromatic carbocycles. The zero-order valence-corrected chi connectivity index (χ0v) is 9.67. The van der Waals surface area contributed by atoms with Crippen LogP contribution in [0.3, 0.4) is 0 Å². The van der Waals surface area contributed by atoms with Crippen LogP contribution in [-0.2, 0) is 0 Å². The van der Waals surface area contributed by atoms with Crippen LogP contribution in [0.5, 0.6) is 0 Å². The quantitative estimate of drug-likeness (QED) is 0.569. The van der Waals surface area contributed by atoms with Crippen LogP contribution in [0.2, 0.25) is 0 Å². The molecule has 0 saturated heterocycles. The van der Waals surface area contributed by atoms with Crippen molar-refractivity contribution < 1.29 is 0 Å². The fourth-order valence-electron chi connectivity index (χ4n) is 0.591. The van der Waals surface area contributed by atoms with Crippen LogP contribution in [0.1, 0.15) is 5.56 Å². The minimum absolute atomic E-state index is 0.763. The first-order valence-electron chi connectivity index (χ1n) is 2.69. The lowest BCUT2D eigenvalue weighted by atomic mass is 10.3. The summed E-state index contributed by atoms with van der Waals surface area (Å²) in [6.45, 7) is 2.00. The standard InChI is InChI=1S/C6H6I2N2/c1-3-2-4(9)6(8)10-5(3)7/h2H,9H2,1H3. The van der Waals surface area contributed by atoms with Gasteiger partial charge in [-0.25, -0.2) is 4.98 Å². The predicted molar refractivity (Wildman–Crippen MR) is 58.8 cm³/mol. The highest BCUT2D eigenvalue weighted by atomic mass is 127. The minimum Gasteiger partial charge on any atom is -0.397 e. The highest BCUT2D eigenvalue weighted by Gasteiger charge is 2.00. The number of hydrogen-bond acceptors (Lipinski definition) is 2. The number of aryl methyl sites for hydroxylation is 1. The van der Waals surface area contributed by atoms with Gasteiger partial charge in [0.25, 0.3) is 0 Å². The van der Waals surface area contributed by atoms with E-state index in [1.165, 1.54) is 0 Å². The van der Waals surface area contributed by atoms with Gasteiger partial charge < -0.3 is 5.73 Å². The molecule has 10 heavy (non-hydrogen) atoms. The van der Waals surface area contributed by atoms with E-state index < -0.39 is 0 Å². The molecule has 4 heteroatoms. The molecule has 0 radical (unpaired) electrons. The Bertz CT molecular complexity index is 210. The molecule has 0 aliphatic carbocycles. The number of nitrogen functional groups attached to an aromatic ring is 1. The van der Waals surface area contributed by atoms with Gasteiger partial charge >= 0.3 is 0 Å². The van der Waals surface area contributed by atoms with Crippen LogP contribution in [0.25, 0.3) is 0 Å². The summed E-state index contributed by atoms with van der Waals surface area (Å²) in [6, 6.07) is 1.94. The van der Waals surface area contributed by atoms with Gasteiger partial charge in [0.1, 0.15) is 7.40 Å². The molecule has 0 unspecified atom stereocenters. The first kappa shape index (κ1) is 8.51. The highest BCUT2D eigenvalue weighted by Crippen LogP contribution is 2.17. The van der Waals surface area contributed by atoms with Gasteiger partial charge in [0.05, 0.1) is 5.69 Å². The number of nitrogens with two attached hydrogens (primary N) is 1. The minimum atomic E-state index is 0.763. The topological polar surface area (TPSA) is 38.9 Å². The molecule has 54 valence electrons. The number of pyridine rings is 1. The van der Waals surface area contributed by atoms with Crippen LogP contribution in [-0.4, -0.2) is 4.98 Å². The van der Waals surface area contributed by atoms with Crippen molar-refractivity contribution in [3.05, 3.63) is 19.0 Å². The van der Waals surface area contributed by atoms with Gasteiger partial charge in [-0.1, -0.05) is 0 Å². The van der Waals surface area contributed by atoms with Crippen LogP contribution < -0.4 is 5.73 Å². The van der Waals surface area contributed by atoms with Crippen molar-refractivity contribution in [2.75, 3.05) is 5.73 Å². The van der Waals surface area contributed by atoms with Crippen molar-refractivity contribution in [3.63, 3.8) is 0 Å². The fraction of sp³-hybridized carbons (Fsp3) is 0.167. The van der Waals surface area contributed by atoms with E-state index in [2.05, 4.69) is 50.2 Å². The van der Waals surface area contributed by atoms with Crippen LogP contribution in [0.4, 0.5) is 5.69 Å². The van der Waals surface area contributed by atoms with E-state index in [9.17, 15) is 0 Å². The maximum absolute atomic E-state index is 5.62. The van der Waals surface area contributed by atoms with Gasteiger partial charge in [-0.2, -0.15) is 0 Å². The number of aromatic nitrogens is 1. The molecule has 1 rings (SSSR count). The Morgan fingerprint density at radius 2 is 2.00 bits per heavy atom. The van der Waals surface area contributed by atoms with Crippen molar-refractivity contribution >= 4 is 50.9 Å². The Morgan fingerprint density at radius 3 is 2.50 bits per heavy atom. The van der Waals surface area contributed by atoms with E-state index >= 15 is 0 Å². The number of nitrogens with zero attached hydrogens (tertiary/aromatic N) is 1. The number of halogens is 2. The summed E-state index contributed by atoms with van der Waals surface area (Å²) in [6.07, 6.45) is 0. The summed E-state index contributed by atoms with van der Waals surface area (Å²) >= 11 is 4.32. The van der Waals surface area contributed by atoms with Gasteiger partial charge in [0.2, 0.25) is 0 Å². The van der Waals surface area contributed by atoms with Crippen molar-refractivity contribution in [2.45, 2.75) is 6.92 Å². The Balaban J connectivity index is 3.28. The molecule has 0 saturated carbocycles. The van der Waals surface area contributed by atoms with Crippen LogP contribution in [0.15, 0.2) is 6.07 Å². The van der Waals surface area contributed by atoms with Gasteiger partial charge in [-0.05, 0) is 63.7 Å². The van der Waals surface area contributed by atoms with Crippen LogP contribution >= 0.6 is 45.2 Å². The second-order valence-electron chi connectivity index (χ2n) is 1.98. The summed E-state index contributed by atoms with van der Waals surface area (Å²) in [5.41, 5.74) is 7.52. The van der Waals surface area contributed by atoms with Crippen molar-refractivity contribution in [2.24, 2.45) is 0 Å².